The Hall–Kier alpha value is -0.800. The van der Waals surface area contributed by atoms with Crippen LogP contribution in [0.3, 0.4) is 0 Å². The van der Waals surface area contributed by atoms with Crippen molar-refractivity contribution >= 4 is 11.6 Å². The Morgan fingerprint density at radius 1 is 0.882 bits per heavy atom. The number of hydrogen-bond donors (Lipinski definition) is 0. The van der Waals surface area contributed by atoms with E-state index in [0.29, 0.717) is 19.3 Å². The summed E-state index contributed by atoms with van der Waals surface area (Å²) in [6.45, 7) is 5.49. The van der Waals surface area contributed by atoms with Gasteiger partial charge in [0.15, 0.2) is 0 Å². The van der Waals surface area contributed by atoms with E-state index in [2.05, 4.69) is 0 Å². The molecular weight excluding hydrogens is 226 g/mol. The van der Waals surface area contributed by atoms with Gasteiger partial charge in [0.2, 0.25) is 6.43 Å². The van der Waals surface area contributed by atoms with Crippen LogP contribution in [0.15, 0.2) is 0 Å². The van der Waals surface area contributed by atoms with Gasteiger partial charge in [-0.3, -0.25) is 9.59 Å². The van der Waals surface area contributed by atoms with Gasteiger partial charge in [0, 0.05) is 18.3 Å². The van der Waals surface area contributed by atoms with Crippen molar-refractivity contribution in [3.05, 3.63) is 0 Å². The van der Waals surface area contributed by atoms with Crippen LogP contribution in [0.25, 0.3) is 0 Å². The number of rotatable bonds is 9. The number of alkyl halides is 2. The number of ketones is 2. The van der Waals surface area contributed by atoms with E-state index in [1.54, 1.807) is 6.92 Å². The van der Waals surface area contributed by atoms with E-state index >= 15 is 0 Å². The molecule has 2 nitrogen and oxygen atoms in total. The van der Waals surface area contributed by atoms with Crippen molar-refractivity contribution in [1.29, 1.82) is 0 Å². The molecule has 1 atom stereocenters. The molecule has 0 aliphatic carbocycles. The summed E-state index contributed by atoms with van der Waals surface area (Å²) >= 11 is 0. The highest BCUT2D eigenvalue weighted by Gasteiger charge is 2.25. The second-order valence-electron chi connectivity index (χ2n) is 4.35. The van der Waals surface area contributed by atoms with Gasteiger partial charge in [-0.15, -0.1) is 0 Å². The van der Waals surface area contributed by atoms with Gasteiger partial charge in [-0.2, -0.15) is 0 Å². The SMILES string of the molecule is CCC(CC)C(=O)CC(=O)C(CC)CC(F)F. The predicted molar refractivity (Wildman–Crippen MR) is 63.1 cm³/mol. The van der Waals surface area contributed by atoms with Crippen molar-refractivity contribution in [3.63, 3.8) is 0 Å². The normalized spacial score (nSPS) is 13.1. The molecule has 0 heterocycles. The Morgan fingerprint density at radius 3 is 1.65 bits per heavy atom. The molecule has 0 aromatic heterocycles. The monoisotopic (exact) mass is 248 g/mol. The number of halogens is 2. The van der Waals surface area contributed by atoms with E-state index in [0.717, 1.165) is 0 Å². The van der Waals surface area contributed by atoms with Crippen molar-refractivity contribution in [1.82, 2.24) is 0 Å². The van der Waals surface area contributed by atoms with Crippen LogP contribution in [0.4, 0.5) is 8.78 Å². The standard InChI is InChI=1S/C13H22F2O2/c1-4-9(5-2)11(16)8-12(17)10(6-3)7-13(14)15/h9-10,13H,4-8H2,1-3H3. The molecule has 0 spiro atoms. The van der Waals surface area contributed by atoms with Crippen LogP contribution < -0.4 is 0 Å². The predicted octanol–water partition coefficient (Wildman–Crippen LogP) is 3.63. The molecule has 1 unspecified atom stereocenters. The van der Waals surface area contributed by atoms with Crippen LogP contribution in [0.5, 0.6) is 0 Å². The molecule has 100 valence electrons. The topological polar surface area (TPSA) is 34.1 Å². The average molecular weight is 248 g/mol. The number of carbonyl (C=O) groups is 2. The first-order valence-corrected chi connectivity index (χ1v) is 6.29. The fraction of sp³-hybridized carbons (Fsp3) is 0.846. The number of carbonyl (C=O) groups excluding carboxylic acids is 2. The molecule has 0 amide bonds. The molecule has 0 aliphatic rings. The summed E-state index contributed by atoms with van der Waals surface area (Å²) in [7, 11) is 0. The summed E-state index contributed by atoms with van der Waals surface area (Å²) in [5, 5.41) is 0. The minimum atomic E-state index is -2.48. The second kappa shape index (κ2) is 8.31. The zero-order valence-electron chi connectivity index (χ0n) is 10.8. The van der Waals surface area contributed by atoms with Crippen LogP contribution >= 0.6 is 0 Å². The van der Waals surface area contributed by atoms with Crippen molar-refractivity contribution in [2.75, 3.05) is 0 Å². The van der Waals surface area contributed by atoms with Crippen molar-refractivity contribution < 1.29 is 18.4 Å². The molecule has 0 aromatic rings. The molecule has 17 heavy (non-hydrogen) atoms. The van der Waals surface area contributed by atoms with E-state index in [1.807, 2.05) is 13.8 Å². The summed E-state index contributed by atoms with van der Waals surface area (Å²) in [5.74, 6) is -1.21. The van der Waals surface area contributed by atoms with E-state index in [1.165, 1.54) is 0 Å². The summed E-state index contributed by atoms with van der Waals surface area (Å²) < 4.78 is 24.4. The lowest BCUT2D eigenvalue weighted by Gasteiger charge is -2.15. The fourth-order valence-corrected chi connectivity index (χ4v) is 1.95. The van der Waals surface area contributed by atoms with Gasteiger partial charge in [0.05, 0.1) is 6.42 Å². The van der Waals surface area contributed by atoms with Gasteiger partial charge in [-0.05, 0) is 19.3 Å². The fourth-order valence-electron chi connectivity index (χ4n) is 1.95. The Balaban J connectivity index is 4.35. The molecule has 0 bridgehead atoms. The Labute approximate surface area is 102 Å². The maximum atomic E-state index is 12.2. The second-order valence-corrected chi connectivity index (χ2v) is 4.35. The lowest BCUT2D eigenvalue weighted by atomic mass is 9.89. The average Bonchev–Trinajstić information content (AvgIpc) is 2.26. The van der Waals surface area contributed by atoms with Crippen molar-refractivity contribution in [2.24, 2.45) is 11.8 Å². The third-order valence-electron chi connectivity index (χ3n) is 3.20. The number of hydrogen-bond acceptors (Lipinski definition) is 2. The highest BCUT2D eigenvalue weighted by atomic mass is 19.3. The first kappa shape index (κ1) is 16.2. The quantitative estimate of drug-likeness (QED) is 0.584. The molecule has 0 saturated carbocycles. The van der Waals surface area contributed by atoms with E-state index < -0.39 is 18.8 Å². The molecule has 0 aromatic carbocycles. The van der Waals surface area contributed by atoms with Gasteiger partial charge in [0.1, 0.15) is 11.6 Å². The molecule has 0 N–H and O–H groups in total. The molecule has 0 radical (unpaired) electrons. The van der Waals surface area contributed by atoms with Crippen LogP contribution in [-0.2, 0) is 9.59 Å². The Bertz CT molecular complexity index is 248. The third kappa shape index (κ3) is 5.89. The molecule has 0 rings (SSSR count). The largest absolute Gasteiger partial charge is 0.299 e. The highest BCUT2D eigenvalue weighted by molar-refractivity contribution is 6.01. The van der Waals surface area contributed by atoms with E-state index in [-0.39, 0.29) is 23.9 Å². The molecule has 0 saturated heterocycles. The summed E-state index contributed by atoms with van der Waals surface area (Å²) in [6.07, 6.45) is -1.31. The Morgan fingerprint density at radius 2 is 1.29 bits per heavy atom. The van der Waals surface area contributed by atoms with Gasteiger partial charge < -0.3 is 0 Å². The maximum Gasteiger partial charge on any atom is 0.239 e. The molecule has 0 fully saturated rings. The Kier molecular flexibility index (Phi) is 7.92. The summed E-state index contributed by atoms with van der Waals surface area (Å²) in [6, 6.07) is 0. The summed E-state index contributed by atoms with van der Waals surface area (Å²) in [5.41, 5.74) is 0. The lowest BCUT2D eigenvalue weighted by molar-refractivity contribution is -0.132. The zero-order valence-corrected chi connectivity index (χ0v) is 10.8. The van der Waals surface area contributed by atoms with Gasteiger partial charge in [0.25, 0.3) is 0 Å². The van der Waals surface area contributed by atoms with E-state index in [4.69, 9.17) is 0 Å². The molecule has 0 aliphatic heterocycles. The zero-order chi connectivity index (χ0) is 13.4. The lowest BCUT2D eigenvalue weighted by Crippen LogP contribution is -2.23. The minimum Gasteiger partial charge on any atom is -0.299 e. The first-order valence-electron chi connectivity index (χ1n) is 6.29. The number of Topliss-reactive ketones (excluding diaryl/α,β-unsaturated/α-hetero) is 2. The smallest absolute Gasteiger partial charge is 0.239 e. The van der Waals surface area contributed by atoms with E-state index in [9.17, 15) is 18.4 Å². The van der Waals surface area contributed by atoms with Gasteiger partial charge in [-0.1, -0.05) is 20.8 Å². The van der Waals surface area contributed by atoms with Crippen LogP contribution in [0, 0.1) is 11.8 Å². The van der Waals surface area contributed by atoms with Crippen LogP contribution in [0.2, 0.25) is 0 Å². The van der Waals surface area contributed by atoms with Crippen LogP contribution in [-0.4, -0.2) is 18.0 Å². The third-order valence-corrected chi connectivity index (χ3v) is 3.20. The molecular formula is C13H22F2O2. The van der Waals surface area contributed by atoms with Crippen LogP contribution in [0.1, 0.15) is 52.9 Å². The van der Waals surface area contributed by atoms with Gasteiger partial charge >= 0.3 is 0 Å². The highest BCUT2D eigenvalue weighted by Crippen LogP contribution is 2.19. The summed E-state index contributed by atoms with van der Waals surface area (Å²) in [4.78, 5) is 23.4. The van der Waals surface area contributed by atoms with Crippen molar-refractivity contribution in [3.8, 4) is 0 Å². The minimum absolute atomic E-state index is 0.104. The van der Waals surface area contributed by atoms with Gasteiger partial charge in [-0.25, -0.2) is 8.78 Å². The molecule has 4 heteroatoms. The maximum absolute atomic E-state index is 12.2. The first-order chi connectivity index (χ1) is 7.96. The van der Waals surface area contributed by atoms with Crippen molar-refractivity contribution in [2.45, 2.75) is 59.3 Å².